The molecule has 0 aliphatic carbocycles. The number of nitrogens with one attached hydrogen (secondary N) is 2. The lowest BCUT2D eigenvalue weighted by molar-refractivity contribution is -0.0447. The molecule has 0 bridgehead atoms. The number of benzene rings is 2. The average Bonchev–Trinajstić information content (AvgIpc) is 2.71. The Morgan fingerprint density at radius 1 is 1.14 bits per heavy atom. The van der Waals surface area contributed by atoms with Crippen LogP contribution in [0, 0.1) is 5.82 Å². The predicted octanol–water partition coefficient (Wildman–Crippen LogP) is 4.28. The standard InChI is InChI=1S/C22H27FN2O3/c23-19-9-7-17(8-10-19)11-12-24-22(26)25-20-5-3-4-18(14-20)15-27-16-21-6-1-2-13-28-21/h3-5,7-10,14,21H,1-2,6,11-13,15-16H2,(H2,24,25,26). The van der Waals surface area contributed by atoms with Crippen molar-refractivity contribution in [1.29, 1.82) is 0 Å². The summed E-state index contributed by atoms with van der Waals surface area (Å²) in [5.74, 6) is -0.260. The van der Waals surface area contributed by atoms with Gasteiger partial charge in [0.05, 0.1) is 19.3 Å². The zero-order valence-electron chi connectivity index (χ0n) is 16.0. The van der Waals surface area contributed by atoms with Crippen LogP contribution in [0.15, 0.2) is 48.5 Å². The fraction of sp³-hybridized carbons (Fsp3) is 0.409. The van der Waals surface area contributed by atoms with Crippen molar-refractivity contribution in [3.63, 3.8) is 0 Å². The van der Waals surface area contributed by atoms with Gasteiger partial charge in [0, 0.05) is 18.8 Å². The van der Waals surface area contributed by atoms with Crippen LogP contribution in [0.25, 0.3) is 0 Å². The number of ether oxygens (including phenoxy) is 2. The van der Waals surface area contributed by atoms with E-state index in [1.165, 1.54) is 18.6 Å². The van der Waals surface area contributed by atoms with Gasteiger partial charge >= 0.3 is 6.03 Å². The van der Waals surface area contributed by atoms with E-state index in [-0.39, 0.29) is 18.0 Å². The molecule has 1 heterocycles. The smallest absolute Gasteiger partial charge is 0.319 e. The summed E-state index contributed by atoms with van der Waals surface area (Å²) in [6.07, 6.45) is 4.23. The van der Waals surface area contributed by atoms with E-state index in [1.807, 2.05) is 24.3 Å². The van der Waals surface area contributed by atoms with Crippen LogP contribution in [-0.4, -0.2) is 31.9 Å². The van der Waals surface area contributed by atoms with Gasteiger partial charge in [0.15, 0.2) is 0 Å². The maximum absolute atomic E-state index is 12.9. The van der Waals surface area contributed by atoms with Crippen molar-refractivity contribution in [2.75, 3.05) is 25.1 Å². The van der Waals surface area contributed by atoms with Crippen molar-refractivity contribution in [1.82, 2.24) is 5.32 Å². The monoisotopic (exact) mass is 386 g/mol. The highest BCUT2D eigenvalue weighted by Crippen LogP contribution is 2.15. The van der Waals surface area contributed by atoms with Crippen molar-refractivity contribution in [3.05, 3.63) is 65.5 Å². The molecule has 2 N–H and O–H groups in total. The number of carbonyl (C=O) groups is 1. The summed E-state index contributed by atoms with van der Waals surface area (Å²) >= 11 is 0. The Hall–Kier alpha value is -2.44. The lowest BCUT2D eigenvalue weighted by atomic mass is 10.1. The lowest BCUT2D eigenvalue weighted by Crippen LogP contribution is -2.30. The molecule has 3 rings (SSSR count). The van der Waals surface area contributed by atoms with Crippen LogP contribution in [0.2, 0.25) is 0 Å². The largest absolute Gasteiger partial charge is 0.376 e. The van der Waals surface area contributed by atoms with Crippen molar-refractivity contribution in [3.8, 4) is 0 Å². The van der Waals surface area contributed by atoms with Crippen molar-refractivity contribution < 1.29 is 18.7 Å². The molecule has 28 heavy (non-hydrogen) atoms. The van der Waals surface area contributed by atoms with Gasteiger partial charge in [0.25, 0.3) is 0 Å². The number of hydrogen-bond donors (Lipinski definition) is 2. The van der Waals surface area contributed by atoms with Crippen molar-refractivity contribution >= 4 is 11.7 Å². The minimum atomic E-state index is -0.268. The minimum absolute atomic E-state index is 0.196. The van der Waals surface area contributed by atoms with Crippen LogP contribution in [0.1, 0.15) is 30.4 Å². The second-order valence-electron chi connectivity index (χ2n) is 6.96. The summed E-state index contributed by atoms with van der Waals surface area (Å²) in [6, 6.07) is 13.6. The second-order valence-corrected chi connectivity index (χ2v) is 6.96. The Labute approximate surface area is 165 Å². The van der Waals surface area contributed by atoms with Gasteiger partial charge in [0.2, 0.25) is 0 Å². The molecule has 0 spiro atoms. The molecule has 1 saturated heterocycles. The molecule has 150 valence electrons. The highest BCUT2D eigenvalue weighted by molar-refractivity contribution is 5.89. The Morgan fingerprint density at radius 3 is 2.79 bits per heavy atom. The summed E-state index contributed by atoms with van der Waals surface area (Å²) in [4.78, 5) is 12.1. The first kappa shape index (κ1) is 20.3. The van der Waals surface area contributed by atoms with Gasteiger partial charge < -0.3 is 20.1 Å². The SMILES string of the molecule is O=C(NCCc1ccc(F)cc1)Nc1cccc(COCC2CCCCO2)c1. The summed E-state index contributed by atoms with van der Waals surface area (Å²) in [7, 11) is 0. The average molecular weight is 386 g/mol. The Kier molecular flexibility index (Phi) is 7.82. The van der Waals surface area contributed by atoms with Crippen LogP contribution in [0.4, 0.5) is 14.9 Å². The molecule has 6 heteroatoms. The van der Waals surface area contributed by atoms with Crippen molar-refractivity contribution in [2.24, 2.45) is 0 Å². The van der Waals surface area contributed by atoms with Gasteiger partial charge in [-0.05, 0) is 61.1 Å². The molecule has 1 unspecified atom stereocenters. The van der Waals surface area contributed by atoms with E-state index in [0.29, 0.717) is 31.9 Å². The molecule has 2 aromatic carbocycles. The van der Waals surface area contributed by atoms with Gasteiger partial charge in [-0.2, -0.15) is 0 Å². The molecule has 1 fully saturated rings. The molecule has 2 aromatic rings. The molecular formula is C22H27FN2O3. The molecule has 0 radical (unpaired) electrons. The fourth-order valence-electron chi connectivity index (χ4n) is 3.13. The number of amides is 2. The number of carbonyl (C=O) groups excluding carboxylic acids is 1. The molecule has 0 aromatic heterocycles. The van der Waals surface area contributed by atoms with E-state index in [2.05, 4.69) is 10.6 Å². The zero-order valence-corrected chi connectivity index (χ0v) is 16.0. The minimum Gasteiger partial charge on any atom is -0.376 e. The highest BCUT2D eigenvalue weighted by Gasteiger charge is 2.13. The van der Waals surface area contributed by atoms with E-state index in [0.717, 1.165) is 30.6 Å². The van der Waals surface area contributed by atoms with Crippen LogP contribution < -0.4 is 10.6 Å². The van der Waals surface area contributed by atoms with Crippen LogP contribution >= 0.6 is 0 Å². The predicted molar refractivity (Wildman–Crippen MR) is 107 cm³/mol. The molecule has 1 atom stereocenters. The second kappa shape index (κ2) is 10.8. The Bertz CT molecular complexity index is 746. The molecular weight excluding hydrogens is 359 g/mol. The maximum Gasteiger partial charge on any atom is 0.319 e. The van der Waals surface area contributed by atoms with Crippen LogP contribution in [0.5, 0.6) is 0 Å². The third-order valence-corrected chi connectivity index (χ3v) is 4.64. The third-order valence-electron chi connectivity index (χ3n) is 4.64. The maximum atomic E-state index is 12.9. The first-order valence-electron chi connectivity index (χ1n) is 9.76. The molecule has 5 nitrogen and oxygen atoms in total. The number of urea groups is 1. The fourth-order valence-corrected chi connectivity index (χ4v) is 3.13. The number of anilines is 1. The van der Waals surface area contributed by atoms with Crippen LogP contribution in [-0.2, 0) is 22.5 Å². The molecule has 1 aliphatic heterocycles. The first-order chi connectivity index (χ1) is 13.7. The summed E-state index contributed by atoms with van der Waals surface area (Å²) < 4.78 is 24.3. The normalized spacial score (nSPS) is 16.5. The summed E-state index contributed by atoms with van der Waals surface area (Å²) in [5, 5.41) is 5.64. The van der Waals surface area contributed by atoms with Crippen LogP contribution in [0.3, 0.4) is 0 Å². The number of hydrogen-bond acceptors (Lipinski definition) is 3. The van der Waals surface area contributed by atoms with Gasteiger partial charge in [-0.15, -0.1) is 0 Å². The van der Waals surface area contributed by atoms with E-state index in [9.17, 15) is 9.18 Å². The Balaban J connectivity index is 1.38. The number of halogens is 1. The summed E-state index contributed by atoms with van der Waals surface area (Å²) in [5.41, 5.74) is 2.69. The summed E-state index contributed by atoms with van der Waals surface area (Å²) in [6.45, 7) is 2.38. The zero-order chi connectivity index (χ0) is 19.6. The Morgan fingerprint density at radius 2 is 2.00 bits per heavy atom. The van der Waals surface area contributed by atoms with E-state index < -0.39 is 0 Å². The molecule has 2 amide bonds. The van der Waals surface area contributed by atoms with Gasteiger partial charge in [-0.3, -0.25) is 0 Å². The van der Waals surface area contributed by atoms with E-state index >= 15 is 0 Å². The van der Waals surface area contributed by atoms with Gasteiger partial charge in [-0.1, -0.05) is 24.3 Å². The topological polar surface area (TPSA) is 59.6 Å². The number of rotatable bonds is 8. The molecule has 1 aliphatic rings. The molecule has 0 saturated carbocycles. The van der Waals surface area contributed by atoms with Crippen molar-refractivity contribution in [2.45, 2.75) is 38.4 Å². The quantitative estimate of drug-likeness (QED) is 0.712. The van der Waals surface area contributed by atoms with E-state index in [1.54, 1.807) is 12.1 Å². The lowest BCUT2D eigenvalue weighted by Gasteiger charge is -2.22. The van der Waals surface area contributed by atoms with Gasteiger partial charge in [0.1, 0.15) is 5.82 Å². The third kappa shape index (κ3) is 6.94. The van der Waals surface area contributed by atoms with Gasteiger partial charge in [-0.25, -0.2) is 9.18 Å². The first-order valence-corrected chi connectivity index (χ1v) is 9.76. The highest BCUT2D eigenvalue weighted by atomic mass is 19.1. The van der Waals surface area contributed by atoms with E-state index in [4.69, 9.17) is 9.47 Å².